The zero-order chi connectivity index (χ0) is 20.0. The lowest BCUT2D eigenvalue weighted by molar-refractivity contribution is 0.436. The van der Waals surface area contributed by atoms with Crippen molar-refractivity contribution in [1.82, 2.24) is 9.71 Å². The van der Waals surface area contributed by atoms with Crippen LogP contribution in [0.3, 0.4) is 0 Å². The molecule has 144 valence electrons. The molecule has 0 saturated heterocycles. The molecule has 0 amide bonds. The number of aromatic amines is 1. The third kappa shape index (κ3) is 6.29. The number of hydrogen-bond acceptors (Lipinski definition) is 3. The second-order valence-corrected chi connectivity index (χ2v) is 8.79. The quantitative estimate of drug-likeness (QED) is 0.640. The molecule has 1 aromatic heterocycles. The van der Waals surface area contributed by atoms with Crippen molar-refractivity contribution in [3.05, 3.63) is 58.1 Å². The third-order valence-electron chi connectivity index (χ3n) is 3.93. The highest BCUT2D eigenvalue weighted by atomic mass is 32.2. The highest BCUT2D eigenvalue weighted by Gasteiger charge is 2.27. The van der Waals surface area contributed by atoms with E-state index in [9.17, 15) is 9.18 Å². The van der Waals surface area contributed by atoms with Gasteiger partial charge in [0.2, 0.25) is 5.56 Å². The summed E-state index contributed by atoms with van der Waals surface area (Å²) in [6.07, 6.45) is 0.836. The second kappa shape index (κ2) is 9.38. The van der Waals surface area contributed by atoms with Gasteiger partial charge in [-0.05, 0) is 75.6 Å². The van der Waals surface area contributed by atoms with E-state index >= 15 is 0 Å². The van der Waals surface area contributed by atoms with Crippen molar-refractivity contribution in [3.63, 3.8) is 0 Å². The van der Waals surface area contributed by atoms with Gasteiger partial charge in [-0.2, -0.15) is 0 Å². The molecule has 0 radical (unpaired) electrons. The molecule has 1 unspecified atom stereocenters. The van der Waals surface area contributed by atoms with E-state index in [1.54, 1.807) is 30.1 Å². The maximum Gasteiger partial charge on any atom is 0.248 e. The summed E-state index contributed by atoms with van der Waals surface area (Å²) in [7, 11) is 0. The molecule has 1 aromatic carbocycles. The van der Waals surface area contributed by atoms with Gasteiger partial charge in [0.25, 0.3) is 0 Å². The van der Waals surface area contributed by atoms with Gasteiger partial charge in [-0.1, -0.05) is 32.7 Å². The molecule has 0 bridgehead atoms. The molecule has 0 spiro atoms. The second-order valence-electron chi connectivity index (χ2n) is 7.16. The van der Waals surface area contributed by atoms with Gasteiger partial charge in [0.05, 0.1) is 5.54 Å². The number of pyridine rings is 1. The van der Waals surface area contributed by atoms with Crippen LogP contribution < -0.4 is 10.3 Å². The number of hydrogen-bond donors (Lipinski definition) is 2. The summed E-state index contributed by atoms with van der Waals surface area (Å²) in [5, 5.41) is 0. The maximum atomic E-state index is 13.1. The van der Waals surface area contributed by atoms with Crippen LogP contribution in [0.4, 0.5) is 4.39 Å². The van der Waals surface area contributed by atoms with E-state index in [2.05, 4.69) is 44.3 Å². The van der Waals surface area contributed by atoms with E-state index in [4.69, 9.17) is 0 Å². The molecule has 1 heterocycles. The highest BCUT2D eigenvalue weighted by Crippen LogP contribution is 2.32. The van der Waals surface area contributed by atoms with Crippen LogP contribution in [0.2, 0.25) is 0 Å². The Hall–Kier alpha value is -1.59. The molecular formula is C21H31FN2OS. The molecule has 0 aliphatic heterocycles. The zero-order valence-corrected chi connectivity index (χ0v) is 17.7. The molecule has 5 heteroatoms. The van der Waals surface area contributed by atoms with Crippen LogP contribution in [0.15, 0.2) is 41.2 Å². The fraction of sp³-hybridized carbons (Fsp3) is 0.476. The van der Waals surface area contributed by atoms with Crippen LogP contribution in [-0.4, -0.2) is 9.73 Å². The van der Waals surface area contributed by atoms with Gasteiger partial charge in [0.1, 0.15) is 5.82 Å². The number of aromatic nitrogens is 1. The lowest BCUT2D eigenvalue weighted by Gasteiger charge is -2.33. The smallest absolute Gasteiger partial charge is 0.248 e. The Bertz CT molecular complexity index is 750. The predicted molar refractivity (Wildman–Crippen MR) is 112 cm³/mol. The van der Waals surface area contributed by atoms with Crippen molar-refractivity contribution in [2.75, 3.05) is 0 Å². The molecule has 0 aliphatic rings. The van der Waals surface area contributed by atoms with Crippen LogP contribution in [-0.2, 0) is 5.54 Å². The number of rotatable bonds is 5. The van der Waals surface area contributed by atoms with E-state index in [0.717, 1.165) is 17.5 Å². The predicted octanol–water partition coefficient (Wildman–Crippen LogP) is 5.87. The van der Waals surface area contributed by atoms with Gasteiger partial charge in [-0.3, -0.25) is 9.52 Å². The van der Waals surface area contributed by atoms with Crippen LogP contribution in [0.5, 0.6) is 0 Å². The first-order chi connectivity index (χ1) is 12.1. The van der Waals surface area contributed by atoms with E-state index in [0.29, 0.717) is 5.69 Å². The summed E-state index contributed by atoms with van der Waals surface area (Å²) >= 11 is 1.66. The molecule has 3 nitrogen and oxygen atoms in total. The monoisotopic (exact) mass is 378 g/mol. The topological polar surface area (TPSA) is 44.9 Å². The highest BCUT2D eigenvalue weighted by molar-refractivity contribution is 7.98. The lowest BCUT2D eigenvalue weighted by Crippen LogP contribution is -2.37. The van der Waals surface area contributed by atoms with Crippen LogP contribution in [0.1, 0.15) is 60.5 Å². The Labute approximate surface area is 160 Å². The first-order valence-electron chi connectivity index (χ1n) is 9.09. The van der Waals surface area contributed by atoms with Crippen molar-refractivity contribution in [2.45, 2.75) is 65.2 Å². The average Bonchev–Trinajstić information content (AvgIpc) is 2.61. The minimum absolute atomic E-state index is 0.0669. The van der Waals surface area contributed by atoms with Gasteiger partial charge in [-0.15, -0.1) is 0 Å². The fourth-order valence-electron chi connectivity index (χ4n) is 2.25. The molecule has 0 aliphatic carbocycles. The summed E-state index contributed by atoms with van der Waals surface area (Å²) in [6, 6.07) is 9.73. The van der Waals surface area contributed by atoms with Gasteiger partial charge < -0.3 is 4.98 Å². The molecule has 2 N–H and O–H groups in total. The standard InChI is InChI=1S/C19H25FN2OS.C2H6/c1-6-19(5,22-24-18(2,3)4)14-11-16(21-17(23)12-14)13-7-9-15(20)10-8-13;1-2/h7-12,22H,6H2,1-5H3,(H,21,23);1-2H3. The Kier molecular flexibility index (Phi) is 8.10. The van der Waals surface area contributed by atoms with Crippen molar-refractivity contribution >= 4 is 11.9 Å². The van der Waals surface area contributed by atoms with Crippen LogP contribution >= 0.6 is 11.9 Å². The average molecular weight is 379 g/mol. The third-order valence-corrected chi connectivity index (χ3v) is 5.09. The maximum absolute atomic E-state index is 13.1. The van der Waals surface area contributed by atoms with E-state index in [1.165, 1.54) is 12.1 Å². The summed E-state index contributed by atoms with van der Waals surface area (Å²) in [5.74, 6) is -0.293. The fourth-order valence-corrected chi connectivity index (χ4v) is 3.04. The molecule has 2 rings (SSSR count). The van der Waals surface area contributed by atoms with Crippen molar-refractivity contribution in [1.29, 1.82) is 0 Å². The zero-order valence-electron chi connectivity index (χ0n) is 16.9. The Morgan fingerprint density at radius 2 is 1.65 bits per heavy atom. The summed E-state index contributed by atoms with van der Waals surface area (Å²) in [6.45, 7) is 14.6. The molecule has 1 atom stereocenters. The van der Waals surface area contributed by atoms with Gasteiger partial charge in [0, 0.05) is 16.5 Å². The summed E-state index contributed by atoms with van der Waals surface area (Å²) < 4.78 is 16.7. The van der Waals surface area contributed by atoms with E-state index in [-0.39, 0.29) is 21.7 Å². The summed E-state index contributed by atoms with van der Waals surface area (Å²) in [4.78, 5) is 15.0. The van der Waals surface area contributed by atoms with Crippen LogP contribution in [0.25, 0.3) is 11.3 Å². The SMILES string of the molecule is CC.CCC(C)(NSC(C)(C)C)c1cc(-c2ccc(F)cc2)[nH]c(=O)c1. The summed E-state index contributed by atoms with van der Waals surface area (Å²) in [5.41, 5.74) is 1.91. The lowest BCUT2D eigenvalue weighted by atomic mass is 9.90. The van der Waals surface area contributed by atoms with Gasteiger partial charge in [0.15, 0.2) is 0 Å². The van der Waals surface area contributed by atoms with Crippen molar-refractivity contribution < 1.29 is 4.39 Å². The largest absolute Gasteiger partial charge is 0.322 e. The number of benzene rings is 1. The van der Waals surface area contributed by atoms with Gasteiger partial charge in [-0.25, -0.2) is 4.39 Å². The number of H-pyrrole nitrogens is 1. The van der Waals surface area contributed by atoms with Crippen molar-refractivity contribution in [2.24, 2.45) is 0 Å². The minimum atomic E-state index is -0.332. The number of halogens is 1. The molecule has 2 aromatic rings. The molecular weight excluding hydrogens is 347 g/mol. The Morgan fingerprint density at radius 3 is 2.15 bits per heavy atom. The van der Waals surface area contributed by atoms with E-state index in [1.807, 2.05) is 19.9 Å². The Morgan fingerprint density at radius 1 is 1.08 bits per heavy atom. The van der Waals surface area contributed by atoms with E-state index < -0.39 is 0 Å². The Balaban J connectivity index is 0.00000163. The number of nitrogens with one attached hydrogen (secondary N) is 2. The van der Waals surface area contributed by atoms with Crippen LogP contribution in [0, 0.1) is 5.82 Å². The molecule has 26 heavy (non-hydrogen) atoms. The first-order valence-corrected chi connectivity index (χ1v) is 9.90. The normalized spacial score (nSPS) is 13.5. The van der Waals surface area contributed by atoms with Crippen molar-refractivity contribution in [3.8, 4) is 11.3 Å². The molecule has 0 fully saturated rings. The van der Waals surface area contributed by atoms with Gasteiger partial charge >= 0.3 is 0 Å². The minimum Gasteiger partial charge on any atom is -0.322 e. The first kappa shape index (κ1) is 22.5. The molecule has 0 saturated carbocycles.